The third kappa shape index (κ3) is 3.59. The van der Waals surface area contributed by atoms with Crippen molar-refractivity contribution in [3.63, 3.8) is 0 Å². The van der Waals surface area contributed by atoms with E-state index in [-0.39, 0.29) is 10.1 Å². The van der Waals surface area contributed by atoms with Crippen molar-refractivity contribution in [1.29, 1.82) is 0 Å². The lowest BCUT2D eigenvalue weighted by atomic mass is 10.5. The summed E-state index contributed by atoms with van der Waals surface area (Å²) in [5.74, 6) is -1.21. The first-order valence-corrected chi connectivity index (χ1v) is 6.86. The van der Waals surface area contributed by atoms with Crippen LogP contribution < -0.4 is 5.32 Å². The van der Waals surface area contributed by atoms with Gasteiger partial charge in [-0.05, 0) is 22.8 Å². The van der Waals surface area contributed by atoms with E-state index in [4.69, 9.17) is 4.74 Å². The summed E-state index contributed by atoms with van der Waals surface area (Å²) in [6.07, 6.45) is 1.04. The Kier molecular flexibility index (Phi) is 4.38. The van der Waals surface area contributed by atoms with Crippen molar-refractivity contribution < 1.29 is 19.2 Å². The minimum absolute atomic E-state index is 0.0777. The summed E-state index contributed by atoms with van der Waals surface area (Å²) in [6, 6.07) is 3.27. The maximum Gasteiger partial charge on any atom is 0.348 e. The molecular formula is C10H7N3O5S2. The van der Waals surface area contributed by atoms with Crippen molar-refractivity contribution in [3.05, 3.63) is 38.7 Å². The molecule has 2 rings (SSSR count). The first kappa shape index (κ1) is 14.1. The Bertz CT molecular complexity index is 637. The number of ether oxygens (including phenoxy) is 1. The summed E-state index contributed by atoms with van der Waals surface area (Å²) in [4.78, 5) is 36.8. The van der Waals surface area contributed by atoms with Crippen LogP contribution in [0.4, 0.5) is 10.1 Å². The number of aromatic nitrogens is 1. The molecule has 0 atom stereocenters. The Balaban J connectivity index is 1.83. The molecule has 0 saturated carbocycles. The predicted molar refractivity (Wildman–Crippen MR) is 72.0 cm³/mol. The van der Waals surface area contributed by atoms with E-state index >= 15 is 0 Å². The maximum atomic E-state index is 11.5. The molecule has 0 aliphatic rings. The molecule has 2 aromatic rings. The first-order valence-electron chi connectivity index (χ1n) is 5.17. The zero-order chi connectivity index (χ0) is 14.5. The monoisotopic (exact) mass is 313 g/mol. The summed E-state index contributed by atoms with van der Waals surface area (Å²) >= 11 is 1.92. The number of amides is 1. The fourth-order valence-corrected chi connectivity index (χ4v) is 2.42. The van der Waals surface area contributed by atoms with Crippen molar-refractivity contribution in [1.82, 2.24) is 4.98 Å². The van der Waals surface area contributed by atoms with Crippen LogP contribution in [0, 0.1) is 10.1 Å². The lowest BCUT2D eigenvalue weighted by Gasteiger charge is -2.02. The summed E-state index contributed by atoms with van der Waals surface area (Å²) in [7, 11) is 0. The number of nitro groups is 1. The number of nitrogens with one attached hydrogen (secondary N) is 1. The van der Waals surface area contributed by atoms with Crippen molar-refractivity contribution in [2.24, 2.45) is 0 Å². The summed E-state index contributed by atoms with van der Waals surface area (Å²) in [5.41, 5.74) is 0. The van der Waals surface area contributed by atoms with Crippen LogP contribution in [0.3, 0.4) is 0 Å². The molecular weight excluding hydrogens is 306 g/mol. The van der Waals surface area contributed by atoms with Crippen LogP contribution in [-0.4, -0.2) is 28.4 Å². The van der Waals surface area contributed by atoms with Gasteiger partial charge < -0.3 is 4.74 Å². The van der Waals surface area contributed by atoms with E-state index in [2.05, 4.69) is 10.3 Å². The normalized spacial score (nSPS) is 10.0. The number of hydrogen-bond donors (Lipinski definition) is 1. The molecule has 1 N–H and O–H groups in total. The summed E-state index contributed by atoms with van der Waals surface area (Å²) < 4.78 is 4.78. The zero-order valence-electron chi connectivity index (χ0n) is 9.77. The highest BCUT2D eigenvalue weighted by Crippen LogP contribution is 2.24. The van der Waals surface area contributed by atoms with E-state index in [0.29, 0.717) is 4.88 Å². The smallest absolute Gasteiger partial charge is 0.348 e. The molecule has 2 heterocycles. The van der Waals surface area contributed by atoms with E-state index in [9.17, 15) is 19.7 Å². The molecule has 0 aromatic carbocycles. The van der Waals surface area contributed by atoms with Gasteiger partial charge in [0.25, 0.3) is 5.91 Å². The van der Waals surface area contributed by atoms with Gasteiger partial charge in [-0.1, -0.05) is 6.07 Å². The van der Waals surface area contributed by atoms with Gasteiger partial charge in [-0.25, -0.2) is 9.78 Å². The highest BCUT2D eigenvalue weighted by Gasteiger charge is 2.15. The van der Waals surface area contributed by atoms with Crippen LogP contribution in [0.15, 0.2) is 23.7 Å². The number of carbonyl (C=O) groups is 2. The third-order valence-corrected chi connectivity index (χ3v) is 3.69. The van der Waals surface area contributed by atoms with Crippen LogP contribution in [0.1, 0.15) is 9.67 Å². The van der Waals surface area contributed by atoms with E-state index in [1.165, 1.54) is 11.3 Å². The molecule has 0 saturated heterocycles. The maximum absolute atomic E-state index is 11.5. The SMILES string of the molecule is O=C(COC(=O)c1cccs1)Nc1ncc([N+](=O)[O-])s1. The molecule has 104 valence electrons. The molecule has 0 spiro atoms. The van der Waals surface area contributed by atoms with Gasteiger partial charge >= 0.3 is 11.0 Å². The van der Waals surface area contributed by atoms with Gasteiger partial charge in [-0.2, -0.15) is 0 Å². The quantitative estimate of drug-likeness (QED) is 0.512. The van der Waals surface area contributed by atoms with E-state index < -0.39 is 23.4 Å². The van der Waals surface area contributed by atoms with Crippen LogP contribution in [0.2, 0.25) is 0 Å². The molecule has 20 heavy (non-hydrogen) atoms. The Morgan fingerprint density at radius 1 is 1.50 bits per heavy atom. The van der Waals surface area contributed by atoms with Gasteiger partial charge in [0.2, 0.25) is 0 Å². The van der Waals surface area contributed by atoms with E-state index in [0.717, 1.165) is 17.5 Å². The van der Waals surface area contributed by atoms with E-state index in [1.54, 1.807) is 17.5 Å². The van der Waals surface area contributed by atoms with Crippen molar-refractivity contribution in [2.45, 2.75) is 0 Å². The second-order valence-electron chi connectivity index (χ2n) is 3.36. The molecule has 0 aliphatic carbocycles. The van der Waals surface area contributed by atoms with Crippen molar-refractivity contribution >= 4 is 44.7 Å². The largest absolute Gasteiger partial charge is 0.451 e. The number of hydrogen-bond acceptors (Lipinski definition) is 8. The van der Waals surface area contributed by atoms with Crippen LogP contribution in [-0.2, 0) is 9.53 Å². The molecule has 0 fully saturated rings. The molecule has 2 aromatic heterocycles. The number of rotatable bonds is 5. The fourth-order valence-electron chi connectivity index (χ4n) is 1.16. The highest BCUT2D eigenvalue weighted by molar-refractivity contribution is 7.18. The van der Waals surface area contributed by atoms with Gasteiger partial charge in [-0.15, -0.1) is 11.3 Å². The van der Waals surface area contributed by atoms with Gasteiger partial charge in [0, 0.05) is 0 Å². The minimum atomic E-state index is -0.612. The number of esters is 1. The lowest BCUT2D eigenvalue weighted by molar-refractivity contribution is -0.380. The number of nitrogens with zero attached hydrogens (tertiary/aromatic N) is 2. The lowest BCUT2D eigenvalue weighted by Crippen LogP contribution is -2.20. The topological polar surface area (TPSA) is 111 Å². The Hall–Kier alpha value is -2.33. The van der Waals surface area contributed by atoms with Crippen molar-refractivity contribution in [3.8, 4) is 0 Å². The molecule has 0 radical (unpaired) electrons. The predicted octanol–water partition coefficient (Wildman–Crippen LogP) is 1.91. The minimum Gasteiger partial charge on any atom is -0.451 e. The third-order valence-electron chi connectivity index (χ3n) is 1.98. The van der Waals surface area contributed by atoms with Crippen LogP contribution >= 0.6 is 22.7 Å². The second kappa shape index (κ2) is 6.21. The number of thiophene rings is 1. The molecule has 0 bridgehead atoms. The van der Waals surface area contributed by atoms with Gasteiger partial charge in [-0.3, -0.25) is 20.2 Å². The van der Waals surface area contributed by atoms with E-state index in [1.807, 2.05) is 0 Å². The van der Waals surface area contributed by atoms with Crippen molar-refractivity contribution in [2.75, 3.05) is 11.9 Å². The average molecular weight is 313 g/mol. The van der Waals surface area contributed by atoms with Crippen LogP contribution in [0.25, 0.3) is 0 Å². The fraction of sp³-hybridized carbons (Fsp3) is 0.100. The number of thiazole rings is 1. The molecule has 0 unspecified atom stereocenters. The molecule has 8 nitrogen and oxygen atoms in total. The number of anilines is 1. The molecule has 10 heteroatoms. The Labute approximate surface area is 120 Å². The Morgan fingerprint density at radius 3 is 2.90 bits per heavy atom. The standard InChI is InChI=1S/C10H7N3O5S2/c14-7(5-18-9(15)6-2-1-3-19-6)12-10-11-4-8(20-10)13(16)17/h1-4H,5H2,(H,11,12,14). The van der Waals surface area contributed by atoms with Gasteiger partial charge in [0.15, 0.2) is 11.7 Å². The van der Waals surface area contributed by atoms with Crippen LogP contribution in [0.5, 0.6) is 0 Å². The molecule has 0 aliphatic heterocycles. The van der Waals surface area contributed by atoms with Gasteiger partial charge in [0.1, 0.15) is 11.1 Å². The number of carbonyl (C=O) groups excluding carboxylic acids is 2. The average Bonchev–Trinajstić information content (AvgIpc) is 3.06. The first-order chi connectivity index (χ1) is 9.56. The second-order valence-corrected chi connectivity index (χ2v) is 5.32. The van der Waals surface area contributed by atoms with Gasteiger partial charge in [0.05, 0.1) is 4.92 Å². The molecule has 1 amide bonds. The Morgan fingerprint density at radius 2 is 2.30 bits per heavy atom. The summed E-state index contributed by atoms with van der Waals surface area (Å²) in [6.45, 7) is -0.482. The summed E-state index contributed by atoms with van der Waals surface area (Å²) in [5, 5.41) is 14.4. The highest BCUT2D eigenvalue weighted by atomic mass is 32.1. The zero-order valence-corrected chi connectivity index (χ0v) is 11.4.